The molecule has 0 radical (unpaired) electrons. The van der Waals surface area contributed by atoms with E-state index in [4.69, 9.17) is 18.9 Å². The zero-order valence-corrected chi connectivity index (χ0v) is 19.1. The minimum absolute atomic E-state index is 0.0227. The maximum Gasteiger partial charge on any atom is 0.302 e. The lowest BCUT2D eigenvalue weighted by atomic mass is 9.68. The molecule has 2 saturated carbocycles. The van der Waals surface area contributed by atoms with Crippen molar-refractivity contribution in [3.8, 4) is 0 Å². The van der Waals surface area contributed by atoms with Gasteiger partial charge in [-0.05, 0) is 57.8 Å². The Morgan fingerprint density at radius 2 is 1.86 bits per heavy atom. The van der Waals surface area contributed by atoms with Gasteiger partial charge in [-0.2, -0.15) is 0 Å². The minimum atomic E-state index is -0.606. The van der Waals surface area contributed by atoms with Crippen LogP contribution in [0.3, 0.4) is 0 Å². The SMILES string of the molecule is CO[C@@H]1O[C@@]2(OC)CC[C@@H](C)[C@H]2[C@H]2[C@H]1[C@H](OC(C)=O)C[C@H]2/C(C)=C\CC=C(C)C. The molecule has 0 N–H and O–H groups in total. The van der Waals surface area contributed by atoms with Crippen LogP contribution >= 0.6 is 0 Å². The zero-order chi connectivity index (χ0) is 21.3. The number of hydrogen-bond acceptors (Lipinski definition) is 5. The van der Waals surface area contributed by atoms with Crippen LogP contribution in [0.5, 0.6) is 0 Å². The zero-order valence-electron chi connectivity index (χ0n) is 19.1. The Morgan fingerprint density at radius 3 is 2.45 bits per heavy atom. The lowest BCUT2D eigenvalue weighted by Gasteiger charge is -2.51. The van der Waals surface area contributed by atoms with Gasteiger partial charge in [0.05, 0.1) is 5.92 Å². The first-order valence-electron chi connectivity index (χ1n) is 11.0. The van der Waals surface area contributed by atoms with Gasteiger partial charge in [0, 0.05) is 33.5 Å². The Hall–Kier alpha value is -1.17. The summed E-state index contributed by atoms with van der Waals surface area (Å²) >= 11 is 0. The van der Waals surface area contributed by atoms with E-state index in [2.05, 4.69) is 39.8 Å². The number of carbonyl (C=O) groups excluding carboxylic acids is 1. The molecule has 8 atom stereocenters. The quantitative estimate of drug-likeness (QED) is 0.465. The monoisotopic (exact) mass is 406 g/mol. The van der Waals surface area contributed by atoms with E-state index < -0.39 is 12.1 Å². The average molecular weight is 407 g/mol. The van der Waals surface area contributed by atoms with Gasteiger partial charge in [-0.25, -0.2) is 0 Å². The van der Waals surface area contributed by atoms with Crippen LogP contribution in [0.1, 0.15) is 60.3 Å². The molecule has 5 heteroatoms. The van der Waals surface area contributed by atoms with Gasteiger partial charge in [0.1, 0.15) is 6.10 Å². The fourth-order valence-electron chi connectivity index (χ4n) is 6.17. The van der Waals surface area contributed by atoms with Gasteiger partial charge in [0.2, 0.25) is 0 Å². The smallest absolute Gasteiger partial charge is 0.302 e. The van der Waals surface area contributed by atoms with E-state index in [1.807, 2.05) is 0 Å². The predicted octanol–water partition coefficient (Wildman–Crippen LogP) is 4.86. The van der Waals surface area contributed by atoms with Gasteiger partial charge in [-0.3, -0.25) is 4.79 Å². The molecule has 1 saturated heterocycles. The van der Waals surface area contributed by atoms with E-state index in [1.54, 1.807) is 14.2 Å². The van der Waals surface area contributed by atoms with Crippen LogP contribution in [0.2, 0.25) is 0 Å². The Labute approximate surface area is 175 Å². The van der Waals surface area contributed by atoms with Crippen LogP contribution in [-0.2, 0) is 23.7 Å². The van der Waals surface area contributed by atoms with E-state index >= 15 is 0 Å². The summed E-state index contributed by atoms with van der Waals surface area (Å²) in [6.07, 6.45) is 7.66. The molecule has 29 heavy (non-hydrogen) atoms. The van der Waals surface area contributed by atoms with Crippen molar-refractivity contribution in [3.63, 3.8) is 0 Å². The van der Waals surface area contributed by atoms with E-state index in [9.17, 15) is 4.79 Å². The van der Waals surface area contributed by atoms with Crippen LogP contribution in [0.15, 0.2) is 23.3 Å². The molecule has 5 nitrogen and oxygen atoms in total. The van der Waals surface area contributed by atoms with Gasteiger partial charge in [-0.1, -0.05) is 30.2 Å². The van der Waals surface area contributed by atoms with Crippen molar-refractivity contribution < 1.29 is 23.7 Å². The number of carbonyl (C=O) groups is 1. The van der Waals surface area contributed by atoms with Gasteiger partial charge in [-0.15, -0.1) is 0 Å². The number of rotatable bonds is 6. The molecule has 3 rings (SSSR count). The van der Waals surface area contributed by atoms with Crippen molar-refractivity contribution in [3.05, 3.63) is 23.3 Å². The first-order valence-corrected chi connectivity index (χ1v) is 11.0. The molecule has 0 bridgehead atoms. The molecule has 1 heterocycles. The van der Waals surface area contributed by atoms with Crippen molar-refractivity contribution in [1.29, 1.82) is 0 Å². The fourth-order valence-corrected chi connectivity index (χ4v) is 6.17. The average Bonchev–Trinajstić information content (AvgIpc) is 3.19. The van der Waals surface area contributed by atoms with Crippen molar-refractivity contribution in [2.45, 2.75) is 78.5 Å². The first kappa shape index (κ1) is 22.5. The van der Waals surface area contributed by atoms with E-state index in [0.29, 0.717) is 17.8 Å². The maximum atomic E-state index is 11.9. The molecule has 3 fully saturated rings. The largest absolute Gasteiger partial charge is 0.462 e. The summed E-state index contributed by atoms with van der Waals surface area (Å²) < 4.78 is 24.1. The summed E-state index contributed by atoms with van der Waals surface area (Å²) in [6, 6.07) is 0. The number of fused-ring (bicyclic) bond motifs is 3. The second kappa shape index (κ2) is 8.91. The molecule has 0 spiro atoms. The Bertz CT molecular complexity index is 664. The van der Waals surface area contributed by atoms with Gasteiger partial charge in [0.25, 0.3) is 0 Å². The Kier molecular flexibility index (Phi) is 6.91. The summed E-state index contributed by atoms with van der Waals surface area (Å²) in [5, 5.41) is 0. The van der Waals surface area contributed by atoms with Gasteiger partial charge in [0.15, 0.2) is 12.1 Å². The molecule has 0 aromatic rings. The molecule has 0 aromatic carbocycles. The number of methoxy groups -OCH3 is 2. The predicted molar refractivity (Wildman–Crippen MR) is 112 cm³/mol. The maximum absolute atomic E-state index is 11.9. The number of allylic oxidation sites excluding steroid dienone is 4. The second-order valence-electron chi connectivity index (χ2n) is 9.39. The lowest BCUT2D eigenvalue weighted by Crippen LogP contribution is -2.57. The standard InChI is InChI=1S/C24H38O5/c1-14(2)9-8-10-15(3)18-13-19(28-17(5)25)21-20(18)22-16(4)11-12-24(22,27-7)29-23(21)26-6/h9-10,16,18-23H,8,11-13H2,1-7H3/b15-10-/t16-,18+,19-,20-,21-,22+,23-,24+/m1/s1. The highest BCUT2D eigenvalue weighted by atomic mass is 16.8. The number of ether oxygens (including phenoxy) is 4. The van der Waals surface area contributed by atoms with E-state index in [0.717, 1.165) is 25.7 Å². The van der Waals surface area contributed by atoms with Crippen LogP contribution in [0.25, 0.3) is 0 Å². The second-order valence-corrected chi connectivity index (χ2v) is 9.39. The van der Waals surface area contributed by atoms with Crippen molar-refractivity contribution in [2.24, 2.45) is 29.6 Å². The molecular weight excluding hydrogens is 368 g/mol. The van der Waals surface area contributed by atoms with Crippen LogP contribution in [0.4, 0.5) is 0 Å². The summed E-state index contributed by atoms with van der Waals surface area (Å²) in [4.78, 5) is 11.9. The highest BCUT2D eigenvalue weighted by molar-refractivity contribution is 5.66. The van der Waals surface area contributed by atoms with E-state index in [-0.39, 0.29) is 23.9 Å². The third-order valence-corrected chi connectivity index (χ3v) is 7.38. The third kappa shape index (κ3) is 4.19. The molecule has 2 aliphatic carbocycles. The molecule has 164 valence electrons. The molecule has 0 aromatic heterocycles. The van der Waals surface area contributed by atoms with Gasteiger partial charge >= 0.3 is 5.97 Å². The van der Waals surface area contributed by atoms with Crippen LogP contribution in [-0.4, -0.2) is 38.4 Å². The Balaban J connectivity index is 2.00. The normalized spacial score (nSPS) is 41.6. The summed E-state index contributed by atoms with van der Waals surface area (Å²) in [6.45, 7) is 10.3. The fraction of sp³-hybridized carbons (Fsp3) is 0.792. The third-order valence-electron chi connectivity index (χ3n) is 7.38. The summed E-state index contributed by atoms with van der Waals surface area (Å²) in [7, 11) is 3.43. The molecule has 1 aliphatic heterocycles. The minimum Gasteiger partial charge on any atom is -0.462 e. The van der Waals surface area contributed by atoms with Crippen molar-refractivity contribution in [1.82, 2.24) is 0 Å². The number of hydrogen-bond donors (Lipinski definition) is 0. The van der Waals surface area contributed by atoms with Crippen molar-refractivity contribution >= 4 is 5.97 Å². The molecule has 3 aliphatic rings. The topological polar surface area (TPSA) is 54.0 Å². The Morgan fingerprint density at radius 1 is 1.14 bits per heavy atom. The molecule has 0 amide bonds. The highest BCUT2D eigenvalue weighted by Crippen LogP contribution is 2.61. The van der Waals surface area contributed by atoms with Crippen LogP contribution in [0, 0.1) is 29.6 Å². The summed E-state index contributed by atoms with van der Waals surface area (Å²) in [5.74, 6) is 0.568. The van der Waals surface area contributed by atoms with Gasteiger partial charge < -0.3 is 18.9 Å². The summed E-state index contributed by atoms with van der Waals surface area (Å²) in [5.41, 5.74) is 2.69. The first-order chi connectivity index (χ1) is 13.7. The van der Waals surface area contributed by atoms with E-state index in [1.165, 1.54) is 18.1 Å². The lowest BCUT2D eigenvalue weighted by molar-refractivity contribution is -0.367. The number of esters is 1. The van der Waals surface area contributed by atoms with Crippen LogP contribution < -0.4 is 0 Å². The molecule has 0 unspecified atom stereocenters. The molecular formula is C24H38O5. The highest BCUT2D eigenvalue weighted by Gasteiger charge is 2.65. The van der Waals surface area contributed by atoms with Crippen molar-refractivity contribution in [2.75, 3.05) is 14.2 Å².